The first kappa shape index (κ1) is 13.5. The summed E-state index contributed by atoms with van der Waals surface area (Å²) >= 11 is 0. The van der Waals surface area contributed by atoms with Crippen LogP contribution in [0.3, 0.4) is 0 Å². The van der Waals surface area contributed by atoms with Crippen LogP contribution in [-0.4, -0.2) is 43.0 Å². The molecule has 0 bridgehead atoms. The number of nitrogens with zero attached hydrogens (tertiary/aromatic N) is 1. The standard InChI is InChI=1S/C14H18N2O3/c1-2-19-14(18)13(11-6-4-3-5-7-11)16-9-8-15-12(17)10-16/h3-7,13H,2,8-10H2,1H3,(H,15,17). The van der Waals surface area contributed by atoms with Gasteiger partial charge in [-0.05, 0) is 12.5 Å². The van der Waals surface area contributed by atoms with Gasteiger partial charge in [0.05, 0.1) is 13.2 Å². The van der Waals surface area contributed by atoms with Crippen molar-refractivity contribution in [3.63, 3.8) is 0 Å². The lowest BCUT2D eigenvalue weighted by atomic mass is 10.0. The van der Waals surface area contributed by atoms with E-state index >= 15 is 0 Å². The molecule has 1 saturated heterocycles. The molecule has 0 saturated carbocycles. The molecule has 1 aromatic rings. The van der Waals surface area contributed by atoms with E-state index in [1.807, 2.05) is 35.2 Å². The molecule has 5 nitrogen and oxygen atoms in total. The molecule has 2 rings (SSSR count). The molecule has 0 aliphatic carbocycles. The Balaban J connectivity index is 2.23. The molecule has 0 spiro atoms. The van der Waals surface area contributed by atoms with Crippen molar-refractivity contribution in [1.29, 1.82) is 0 Å². The van der Waals surface area contributed by atoms with Crippen LogP contribution in [0.1, 0.15) is 18.5 Å². The van der Waals surface area contributed by atoms with Gasteiger partial charge in [0.2, 0.25) is 5.91 Å². The minimum Gasteiger partial charge on any atom is -0.465 e. The van der Waals surface area contributed by atoms with Crippen LogP contribution in [0.25, 0.3) is 0 Å². The molecule has 19 heavy (non-hydrogen) atoms. The molecule has 1 unspecified atom stereocenters. The predicted octanol–water partition coefficient (Wildman–Crippen LogP) is 0.723. The first-order valence-corrected chi connectivity index (χ1v) is 6.44. The number of amides is 1. The van der Waals surface area contributed by atoms with Crippen molar-refractivity contribution < 1.29 is 14.3 Å². The topological polar surface area (TPSA) is 58.6 Å². The van der Waals surface area contributed by atoms with Crippen molar-refractivity contribution in [2.24, 2.45) is 0 Å². The van der Waals surface area contributed by atoms with Crippen molar-refractivity contribution in [2.45, 2.75) is 13.0 Å². The summed E-state index contributed by atoms with van der Waals surface area (Å²) in [5.41, 5.74) is 0.857. The molecule has 1 amide bonds. The zero-order chi connectivity index (χ0) is 13.7. The Hall–Kier alpha value is -1.88. The highest BCUT2D eigenvalue weighted by Crippen LogP contribution is 2.22. The first-order valence-electron chi connectivity index (χ1n) is 6.44. The lowest BCUT2D eigenvalue weighted by Crippen LogP contribution is -2.50. The smallest absolute Gasteiger partial charge is 0.328 e. The van der Waals surface area contributed by atoms with Crippen LogP contribution < -0.4 is 5.32 Å². The Morgan fingerprint density at radius 1 is 1.42 bits per heavy atom. The van der Waals surface area contributed by atoms with E-state index in [9.17, 15) is 9.59 Å². The molecule has 0 aromatic heterocycles. The zero-order valence-electron chi connectivity index (χ0n) is 11.0. The average molecular weight is 262 g/mol. The summed E-state index contributed by atoms with van der Waals surface area (Å²) in [6.07, 6.45) is 0. The fraction of sp³-hybridized carbons (Fsp3) is 0.429. The lowest BCUT2D eigenvalue weighted by molar-refractivity contribution is -0.151. The van der Waals surface area contributed by atoms with E-state index in [1.54, 1.807) is 6.92 Å². The van der Waals surface area contributed by atoms with Gasteiger partial charge in [-0.3, -0.25) is 9.69 Å². The quantitative estimate of drug-likeness (QED) is 0.812. The molecule has 1 atom stereocenters. The molecule has 1 N–H and O–H groups in total. The molecule has 0 radical (unpaired) electrons. The van der Waals surface area contributed by atoms with Crippen LogP contribution in [0, 0.1) is 0 Å². The molecule has 1 fully saturated rings. The molecular weight excluding hydrogens is 244 g/mol. The molecule has 1 aliphatic rings. The number of ether oxygens (including phenoxy) is 1. The summed E-state index contributed by atoms with van der Waals surface area (Å²) in [5, 5.41) is 2.76. The van der Waals surface area contributed by atoms with Crippen LogP contribution >= 0.6 is 0 Å². The highest BCUT2D eigenvalue weighted by atomic mass is 16.5. The van der Waals surface area contributed by atoms with E-state index < -0.39 is 6.04 Å². The third-order valence-electron chi connectivity index (χ3n) is 3.06. The maximum absolute atomic E-state index is 12.2. The summed E-state index contributed by atoms with van der Waals surface area (Å²) in [6.45, 7) is 3.54. The Bertz CT molecular complexity index is 447. The van der Waals surface area contributed by atoms with Crippen molar-refractivity contribution in [3.8, 4) is 0 Å². The summed E-state index contributed by atoms with van der Waals surface area (Å²) in [4.78, 5) is 25.5. The number of carbonyl (C=O) groups excluding carboxylic acids is 2. The van der Waals surface area contributed by atoms with Crippen molar-refractivity contribution in [3.05, 3.63) is 35.9 Å². The number of carbonyl (C=O) groups is 2. The lowest BCUT2D eigenvalue weighted by Gasteiger charge is -2.32. The molecule has 1 aromatic carbocycles. The monoisotopic (exact) mass is 262 g/mol. The number of hydrogen-bond acceptors (Lipinski definition) is 4. The van der Waals surface area contributed by atoms with E-state index in [1.165, 1.54) is 0 Å². The third kappa shape index (κ3) is 3.32. The van der Waals surface area contributed by atoms with Crippen LogP contribution in [0.4, 0.5) is 0 Å². The summed E-state index contributed by atoms with van der Waals surface area (Å²) < 4.78 is 5.13. The highest BCUT2D eigenvalue weighted by Gasteiger charge is 2.31. The highest BCUT2D eigenvalue weighted by molar-refractivity contribution is 5.82. The summed E-state index contributed by atoms with van der Waals surface area (Å²) in [7, 11) is 0. The second-order valence-corrected chi connectivity index (χ2v) is 4.39. The van der Waals surface area contributed by atoms with Gasteiger partial charge in [0, 0.05) is 13.1 Å². The largest absolute Gasteiger partial charge is 0.465 e. The zero-order valence-corrected chi connectivity index (χ0v) is 11.0. The van der Waals surface area contributed by atoms with Crippen LogP contribution in [0.2, 0.25) is 0 Å². The van der Waals surface area contributed by atoms with Crippen LogP contribution in [0.15, 0.2) is 30.3 Å². The van der Waals surface area contributed by atoms with Gasteiger partial charge in [-0.2, -0.15) is 0 Å². The molecule has 5 heteroatoms. The Morgan fingerprint density at radius 3 is 2.79 bits per heavy atom. The van der Waals surface area contributed by atoms with Gasteiger partial charge in [-0.15, -0.1) is 0 Å². The number of esters is 1. The molecule has 1 heterocycles. The number of benzene rings is 1. The van der Waals surface area contributed by atoms with E-state index in [4.69, 9.17) is 4.74 Å². The first-order chi connectivity index (χ1) is 9.22. The van der Waals surface area contributed by atoms with Crippen molar-refractivity contribution in [2.75, 3.05) is 26.2 Å². The van der Waals surface area contributed by atoms with Gasteiger partial charge in [-0.1, -0.05) is 30.3 Å². The van der Waals surface area contributed by atoms with Crippen molar-refractivity contribution >= 4 is 11.9 Å². The van der Waals surface area contributed by atoms with E-state index in [0.717, 1.165) is 5.56 Å². The fourth-order valence-electron chi connectivity index (χ4n) is 2.23. The van der Waals surface area contributed by atoms with Crippen molar-refractivity contribution in [1.82, 2.24) is 10.2 Å². The fourth-order valence-corrected chi connectivity index (χ4v) is 2.23. The van der Waals surface area contributed by atoms with Gasteiger partial charge < -0.3 is 10.1 Å². The number of piperazine rings is 1. The summed E-state index contributed by atoms with van der Waals surface area (Å²) in [6, 6.07) is 8.92. The Labute approximate surface area is 112 Å². The Kier molecular flexibility index (Phi) is 4.52. The van der Waals surface area contributed by atoms with Gasteiger partial charge in [0.15, 0.2) is 0 Å². The van der Waals surface area contributed by atoms with Gasteiger partial charge in [-0.25, -0.2) is 4.79 Å². The maximum atomic E-state index is 12.2. The van der Waals surface area contributed by atoms with E-state index in [2.05, 4.69) is 5.32 Å². The van der Waals surface area contributed by atoms with Crippen LogP contribution in [0.5, 0.6) is 0 Å². The average Bonchev–Trinajstić information content (AvgIpc) is 2.40. The predicted molar refractivity (Wildman–Crippen MR) is 70.4 cm³/mol. The Morgan fingerprint density at radius 2 is 2.16 bits per heavy atom. The van der Waals surface area contributed by atoms with Gasteiger partial charge >= 0.3 is 5.97 Å². The normalized spacial score (nSPS) is 17.6. The maximum Gasteiger partial charge on any atom is 0.328 e. The van der Waals surface area contributed by atoms with Crippen LogP contribution in [-0.2, 0) is 14.3 Å². The van der Waals surface area contributed by atoms with Gasteiger partial charge in [0.1, 0.15) is 6.04 Å². The van der Waals surface area contributed by atoms with E-state index in [-0.39, 0.29) is 18.4 Å². The molecular formula is C14H18N2O3. The number of rotatable bonds is 4. The minimum absolute atomic E-state index is 0.0588. The minimum atomic E-state index is -0.507. The summed E-state index contributed by atoms with van der Waals surface area (Å²) in [5.74, 6) is -0.361. The molecule has 102 valence electrons. The SMILES string of the molecule is CCOC(=O)C(c1ccccc1)N1CCNC(=O)C1. The second-order valence-electron chi connectivity index (χ2n) is 4.39. The van der Waals surface area contributed by atoms with E-state index in [0.29, 0.717) is 19.7 Å². The number of nitrogens with one attached hydrogen (secondary N) is 1. The molecule has 1 aliphatic heterocycles. The number of hydrogen-bond donors (Lipinski definition) is 1. The second kappa shape index (κ2) is 6.33. The van der Waals surface area contributed by atoms with Gasteiger partial charge in [0.25, 0.3) is 0 Å². The third-order valence-corrected chi connectivity index (χ3v) is 3.06.